The first kappa shape index (κ1) is 14.9. The third-order valence-corrected chi connectivity index (χ3v) is 5.66. The molecule has 0 bridgehead atoms. The highest BCUT2D eigenvalue weighted by molar-refractivity contribution is 7.99. The molecule has 1 aromatic rings. The predicted octanol–water partition coefficient (Wildman–Crippen LogP) is 2.47. The van der Waals surface area contributed by atoms with Gasteiger partial charge in [0.2, 0.25) is 5.91 Å². The molecule has 3 rings (SSSR count). The van der Waals surface area contributed by atoms with Crippen LogP contribution in [0.15, 0.2) is 30.3 Å². The molecule has 2 fully saturated rings. The highest BCUT2D eigenvalue weighted by Crippen LogP contribution is 2.24. The summed E-state index contributed by atoms with van der Waals surface area (Å²) in [4.78, 5) is 17.1. The van der Waals surface area contributed by atoms with Gasteiger partial charge in [-0.1, -0.05) is 30.3 Å². The number of piperazine rings is 1. The van der Waals surface area contributed by atoms with Gasteiger partial charge in [-0.25, -0.2) is 0 Å². The Bertz CT molecular complexity index is 451. The van der Waals surface area contributed by atoms with E-state index in [2.05, 4.69) is 40.1 Å². The van der Waals surface area contributed by atoms with Gasteiger partial charge in [-0.2, -0.15) is 11.8 Å². The maximum atomic E-state index is 12.5. The van der Waals surface area contributed by atoms with Crippen molar-refractivity contribution in [1.82, 2.24) is 9.80 Å². The Labute approximate surface area is 131 Å². The van der Waals surface area contributed by atoms with Gasteiger partial charge in [0.1, 0.15) is 0 Å². The summed E-state index contributed by atoms with van der Waals surface area (Å²) < 4.78 is 0. The van der Waals surface area contributed by atoms with Gasteiger partial charge in [0.25, 0.3) is 0 Å². The van der Waals surface area contributed by atoms with E-state index in [1.807, 2.05) is 11.8 Å². The smallest absolute Gasteiger partial charge is 0.226 e. The van der Waals surface area contributed by atoms with Crippen molar-refractivity contribution in [2.45, 2.75) is 19.4 Å². The van der Waals surface area contributed by atoms with Crippen molar-refractivity contribution in [2.75, 3.05) is 37.7 Å². The van der Waals surface area contributed by atoms with E-state index in [4.69, 9.17) is 0 Å². The minimum atomic E-state index is 0.282. The van der Waals surface area contributed by atoms with Crippen LogP contribution in [0.3, 0.4) is 0 Å². The predicted molar refractivity (Wildman–Crippen MR) is 88.3 cm³/mol. The number of amides is 1. The topological polar surface area (TPSA) is 23.6 Å². The van der Waals surface area contributed by atoms with E-state index >= 15 is 0 Å². The number of nitrogens with zero attached hydrogens (tertiary/aromatic N) is 2. The van der Waals surface area contributed by atoms with Crippen LogP contribution in [0.2, 0.25) is 0 Å². The standard InChI is InChI=1S/C17H24N2OS/c20-17(16-7-4-12-21-14-16)19-10-8-18(9-11-19)13-15-5-2-1-3-6-15/h1-3,5-6,16H,4,7-14H2. The number of hydrogen-bond donors (Lipinski definition) is 0. The Morgan fingerprint density at radius 2 is 1.90 bits per heavy atom. The van der Waals surface area contributed by atoms with Crippen molar-refractivity contribution in [3.05, 3.63) is 35.9 Å². The first-order valence-corrected chi connectivity index (χ1v) is 9.11. The van der Waals surface area contributed by atoms with Crippen LogP contribution < -0.4 is 0 Å². The van der Waals surface area contributed by atoms with Crippen molar-refractivity contribution < 1.29 is 4.79 Å². The molecule has 2 aliphatic heterocycles. The SMILES string of the molecule is O=C(C1CCCSC1)N1CCN(Cc2ccccc2)CC1. The zero-order valence-electron chi connectivity index (χ0n) is 12.5. The molecule has 2 heterocycles. The Morgan fingerprint density at radius 1 is 1.14 bits per heavy atom. The van der Waals surface area contributed by atoms with Crippen molar-refractivity contribution in [2.24, 2.45) is 5.92 Å². The number of carbonyl (C=O) groups is 1. The number of hydrogen-bond acceptors (Lipinski definition) is 3. The molecule has 4 heteroatoms. The largest absolute Gasteiger partial charge is 0.340 e. The van der Waals surface area contributed by atoms with Crippen LogP contribution in [0.5, 0.6) is 0 Å². The Balaban J connectivity index is 1.47. The Morgan fingerprint density at radius 3 is 2.57 bits per heavy atom. The van der Waals surface area contributed by atoms with Crippen LogP contribution in [0, 0.1) is 5.92 Å². The van der Waals surface area contributed by atoms with Gasteiger partial charge in [-0.05, 0) is 24.2 Å². The molecule has 1 unspecified atom stereocenters. The van der Waals surface area contributed by atoms with Gasteiger partial charge in [-0.3, -0.25) is 9.69 Å². The van der Waals surface area contributed by atoms with Gasteiger partial charge in [0, 0.05) is 44.4 Å². The summed E-state index contributed by atoms with van der Waals surface area (Å²) in [5.74, 6) is 2.95. The molecule has 2 aliphatic rings. The highest BCUT2D eigenvalue weighted by atomic mass is 32.2. The fraction of sp³-hybridized carbons (Fsp3) is 0.588. The first-order valence-electron chi connectivity index (χ1n) is 7.96. The Hall–Kier alpha value is -1.00. The fourth-order valence-electron chi connectivity index (χ4n) is 3.16. The van der Waals surface area contributed by atoms with E-state index in [0.29, 0.717) is 5.91 Å². The lowest BCUT2D eigenvalue weighted by atomic mass is 10.0. The first-order chi connectivity index (χ1) is 10.3. The number of thioether (sulfide) groups is 1. The van der Waals surface area contributed by atoms with Crippen LogP contribution in [-0.2, 0) is 11.3 Å². The summed E-state index contributed by atoms with van der Waals surface area (Å²) in [5.41, 5.74) is 1.36. The maximum Gasteiger partial charge on any atom is 0.226 e. The van der Waals surface area contributed by atoms with Gasteiger partial charge in [0.15, 0.2) is 0 Å². The van der Waals surface area contributed by atoms with E-state index in [1.54, 1.807) is 0 Å². The van der Waals surface area contributed by atoms with Crippen LogP contribution >= 0.6 is 11.8 Å². The minimum Gasteiger partial charge on any atom is -0.340 e. The zero-order chi connectivity index (χ0) is 14.5. The molecule has 3 nitrogen and oxygen atoms in total. The lowest BCUT2D eigenvalue weighted by molar-refractivity contribution is -0.136. The van der Waals surface area contributed by atoms with E-state index in [-0.39, 0.29) is 5.92 Å². The van der Waals surface area contributed by atoms with Crippen LogP contribution in [0.25, 0.3) is 0 Å². The molecule has 2 saturated heterocycles. The highest BCUT2D eigenvalue weighted by Gasteiger charge is 2.28. The molecular weight excluding hydrogens is 280 g/mol. The average molecular weight is 304 g/mol. The lowest BCUT2D eigenvalue weighted by Crippen LogP contribution is -2.50. The minimum absolute atomic E-state index is 0.282. The third kappa shape index (κ3) is 4.01. The molecule has 0 radical (unpaired) electrons. The molecule has 0 saturated carbocycles. The van der Waals surface area contributed by atoms with E-state index in [0.717, 1.165) is 44.9 Å². The Kier molecular flexibility index (Phi) is 5.20. The lowest BCUT2D eigenvalue weighted by Gasteiger charge is -2.37. The van der Waals surface area contributed by atoms with Gasteiger partial charge in [0.05, 0.1) is 0 Å². The van der Waals surface area contributed by atoms with Crippen LogP contribution in [0.1, 0.15) is 18.4 Å². The summed E-state index contributed by atoms with van der Waals surface area (Å²) >= 11 is 1.94. The molecule has 1 amide bonds. The second-order valence-electron chi connectivity index (χ2n) is 6.00. The fourth-order valence-corrected chi connectivity index (χ4v) is 4.29. The normalized spacial score (nSPS) is 24.0. The van der Waals surface area contributed by atoms with Gasteiger partial charge >= 0.3 is 0 Å². The third-order valence-electron chi connectivity index (χ3n) is 4.44. The quantitative estimate of drug-likeness (QED) is 0.857. The summed E-state index contributed by atoms with van der Waals surface area (Å²) in [7, 11) is 0. The monoisotopic (exact) mass is 304 g/mol. The number of benzene rings is 1. The molecule has 1 atom stereocenters. The van der Waals surface area contributed by atoms with E-state index in [1.165, 1.54) is 17.7 Å². The van der Waals surface area contributed by atoms with Crippen LogP contribution in [-0.4, -0.2) is 53.4 Å². The molecule has 0 spiro atoms. The molecule has 21 heavy (non-hydrogen) atoms. The van der Waals surface area contributed by atoms with Crippen molar-refractivity contribution >= 4 is 17.7 Å². The summed E-state index contributed by atoms with van der Waals surface area (Å²) in [6, 6.07) is 10.6. The zero-order valence-corrected chi connectivity index (χ0v) is 13.4. The van der Waals surface area contributed by atoms with Crippen molar-refractivity contribution in [3.63, 3.8) is 0 Å². The molecule has 0 aliphatic carbocycles. The van der Waals surface area contributed by atoms with E-state index in [9.17, 15) is 4.79 Å². The molecule has 114 valence electrons. The number of rotatable bonds is 3. The summed E-state index contributed by atoms with van der Waals surface area (Å²) in [5, 5.41) is 0. The second-order valence-corrected chi connectivity index (χ2v) is 7.15. The van der Waals surface area contributed by atoms with Crippen LogP contribution in [0.4, 0.5) is 0 Å². The summed E-state index contributed by atoms with van der Waals surface area (Å²) in [6.07, 6.45) is 2.30. The maximum absolute atomic E-state index is 12.5. The van der Waals surface area contributed by atoms with Crippen molar-refractivity contribution in [1.29, 1.82) is 0 Å². The van der Waals surface area contributed by atoms with Gasteiger partial charge in [-0.15, -0.1) is 0 Å². The van der Waals surface area contributed by atoms with E-state index < -0.39 is 0 Å². The number of carbonyl (C=O) groups excluding carboxylic acids is 1. The summed E-state index contributed by atoms with van der Waals surface area (Å²) in [6.45, 7) is 4.79. The van der Waals surface area contributed by atoms with Gasteiger partial charge < -0.3 is 4.90 Å². The van der Waals surface area contributed by atoms with Crippen molar-refractivity contribution in [3.8, 4) is 0 Å². The molecule has 0 aromatic heterocycles. The molecule has 0 N–H and O–H groups in total. The average Bonchev–Trinajstić information content (AvgIpc) is 2.57. The molecular formula is C17H24N2OS. The second kappa shape index (κ2) is 7.32. The molecule has 1 aromatic carbocycles.